The van der Waals surface area contributed by atoms with Gasteiger partial charge in [0.2, 0.25) is 0 Å². The summed E-state index contributed by atoms with van der Waals surface area (Å²) in [4.78, 5) is 17.1. The third-order valence-corrected chi connectivity index (χ3v) is 3.14. The van der Waals surface area contributed by atoms with Gasteiger partial charge in [-0.3, -0.25) is 0 Å². The molecule has 2 N–H and O–H groups in total. The lowest BCUT2D eigenvalue weighted by atomic mass is 10.2. The molecule has 0 amide bonds. The molecule has 0 saturated carbocycles. The maximum absolute atomic E-state index is 11.0. The molecule has 1 heterocycles. The Bertz CT molecular complexity index is 407. The molecule has 0 unspecified atom stereocenters. The number of carboxylic acid groups (broad SMARTS) is 1. The second-order valence-corrected chi connectivity index (χ2v) is 4.91. The molecule has 0 radical (unpaired) electrons. The van der Waals surface area contributed by atoms with Gasteiger partial charge in [0, 0.05) is 18.8 Å². The fourth-order valence-electron chi connectivity index (χ4n) is 1.69. The van der Waals surface area contributed by atoms with Crippen LogP contribution in [-0.2, 0) is 0 Å². The summed E-state index contributed by atoms with van der Waals surface area (Å²) in [5, 5.41) is 12.1. The van der Waals surface area contributed by atoms with Crippen LogP contribution in [0, 0.1) is 0 Å². The monoisotopic (exact) mass is 265 g/mol. The number of anilines is 1. The summed E-state index contributed by atoms with van der Waals surface area (Å²) in [6, 6.07) is 4.04. The van der Waals surface area contributed by atoms with E-state index in [2.05, 4.69) is 36.1 Å². The summed E-state index contributed by atoms with van der Waals surface area (Å²) in [5.74, 6) is -0.998. The molecule has 0 aromatic carbocycles. The van der Waals surface area contributed by atoms with E-state index in [0.717, 1.165) is 25.9 Å². The van der Waals surface area contributed by atoms with E-state index >= 15 is 0 Å². The number of aromatic nitrogens is 1. The van der Waals surface area contributed by atoms with Gasteiger partial charge in [-0.25, -0.2) is 9.78 Å². The first-order valence-electron chi connectivity index (χ1n) is 6.64. The van der Waals surface area contributed by atoms with Gasteiger partial charge in [-0.1, -0.05) is 0 Å². The van der Waals surface area contributed by atoms with E-state index in [0.29, 0.717) is 11.7 Å². The van der Waals surface area contributed by atoms with Gasteiger partial charge in [0.1, 0.15) is 0 Å². The molecule has 0 fully saturated rings. The highest BCUT2D eigenvalue weighted by atomic mass is 16.4. The Morgan fingerprint density at radius 2 is 2.21 bits per heavy atom. The normalized spacial score (nSPS) is 11.0. The van der Waals surface area contributed by atoms with Crippen molar-refractivity contribution in [3.8, 4) is 0 Å². The van der Waals surface area contributed by atoms with Crippen molar-refractivity contribution in [2.45, 2.75) is 32.7 Å². The van der Waals surface area contributed by atoms with Crippen molar-refractivity contribution in [2.24, 2.45) is 0 Å². The molecule has 1 rings (SSSR count). The van der Waals surface area contributed by atoms with E-state index in [-0.39, 0.29) is 5.69 Å². The molecule has 0 atom stereocenters. The van der Waals surface area contributed by atoms with Crippen LogP contribution >= 0.6 is 0 Å². The van der Waals surface area contributed by atoms with Crippen LogP contribution < -0.4 is 5.32 Å². The highest BCUT2D eigenvalue weighted by molar-refractivity contribution is 5.91. The molecule has 0 aliphatic rings. The van der Waals surface area contributed by atoms with Gasteiger partial charge in [-0.05, 0) is 52.4 Å². The minimum Gasteiger partial charge on any atom is -0.476 e. The molecule has 0 spiro atoms. The zero-order valence-corrected chi connectivity index (χ0v) is 11.9. The summed E-state index contributed by atoms with van der Waals surface area (Å²) >= 11 is 0. The Balaban J connectivity index is 2.32. The van der Waals surface area contributed by atoms with Crippen LogP contribution in [-0.4, -0.2) is 47.1 Å². The molecule has 0 saturated heterocycles. The van der Waals surface area contributed by atoms with Crippen molar-refractivity contribution in [3.63, 3.8) is 0 Å². The first-order chi connectivity index (χ1) is 9.02. The molecule has 1 aromatic rings. The van der Waals surface area contributed by atoms with Crippen molar-refractivity contribution >= 4 is 11.7 Å². The second kappa shape index (κ2) is 7.74. The van der Waals surface area contributed by atoms with Crippen LogP contribution in [0.25, 0.3) is 0 Å². The van der Waals surface area contributed by atoms with Crippen molar-refractivity contribution in [1.29, 1.82) is 0 Å². The molecular formula is C14H23N3O2. The maximum Gasteiger partial charge on any atom is 0.356 e. The number of carboxylic acids is 1. The molecule has 5 heteroatoms. The number of hydrogen-bond acceptors (Lipinski definition) is 4. The first kappa shape index (κ1) is 15.4. The molecule has 1 aromatic heterocycles. The van der Waals surface area contributed by atoms with Gasteiger partial charge in [-0.15, -0.1) is 0 Å². The van der Waals surface area contributed by atoms with Gasteiger partial charge < -0.3 is 15.3 Å². The van der Waals surface area contributed by atoms with Gasteiger partial charge in [0.05, 0.1) is 5.69 Å². The van der Waals surface area contributed by atoms with Gasteiger partial charge in [-0.2, -0.15) is 0 Å². The summed E-state index contributed by atoms with van der Waals surface area (Å²) < 4.78 is 0. The number of hydrogen-bond donors (Lipinski definition) is 2. The van der Waals surface area contributed by atoms with Crippen LogP contribution in [0.3, 0.4) is 0 Å². The van der Waals surface area contributed by atoms with E-state index in [1.54, 1.807) is 12.1 Å². The third-order valence-electron chi connectivity index (χ3n) is 3.14. The molecule has 0 aliphatic carbocycles. The van der Waals surface area contributed by atoms with Crippen molar-refractivity contribution < 1.29 is 9.90 Å². The van der Waals surface area contributed by atoms with Crippen LogP contribution in [0.1, 0.15) is 37.2 Å². The molecule has 0 bridgehead atoms. The van der Waals surface area contributed by atoms with Crippen molar-refractivity contribution in [1.82, 2.24) is 9.88 Å². The summed E-state index contributed by atoms with van der Waals surface area (Å²) in [6.45, 7) is 6.16. The van der Waals surface area contributed by atoms with Gasteiger partial charge in [0.25, 0.3) is 0 Å². The number of rotatable bonds is 8. The number of unbranched alkanes of at least 4 members (excludes halogenated alkanes) is 1. The van der Waals surface area contributed by atoms with E-state index in [1.165, 1.54) is 6.20 Å². The number of carbonyl (C=O) groups is 1. The lowest BCUT2D eigenvalue weighted by molar-refractivity contribution is 0.0691. The average molecular weight is 265 g/mol. The maximum atomic E-state index is 11.0. The average Bonchev–Trinajstić information content (AvgIpc) is 2.38. The first-order valence-corrected chi connectivity index (χ1v) is 6.64. The Kier molecular flexibility index (Phi) is 6.29. The molecular weight excluding hydrogens is 242 g/mol. The molecule has 0 aliphatic heterocycles. The fraction of sp³-hybridized carbons (Fsp3) is 0.571. The second-order valence-electron chi connectivity index (χ2n) is 4.91. The SMILES string of the molecule is CC(C)N(C)CCCCNc1cccnc1C(=O)O. The predicted octanol–water partition coefficient (Wildman–Crippen LogP) is 2.31. The zero-order chi connectivity index (χ0) is 14.3. The Labute approximate surface area is 114 Å². The lowest BCUT2D eigenvalue weighted by Gasteiger charge is -2.20. The highest BCUT2D eigenvalue weighted by Gasteiger charge is 2.10. The molecule has 106 valence electrons. The van der Waals surface area contributed by atoms with Gasteiger partial charge >= 0.3 is 5.97 Å². The largest absolute Gasteiger partial charge is 0.476 e. The number of nitrogens with zero attached hydrogens (tertiary/aromatic N) is 2. The zero-order valence-electron chi connectivity index (χ0n) is 11.9. The topological polar surface area (TPSA) is 65.5 Å². The minimum atomic E-state index is -0.998. The Morgan fingerprint density at radius 1 is 1.47 bits per heavy atom. The van der Waals surface area contributed by atoms with E-state index in [1.807, 2.05) is 0 Å². The quantitative estimate of drug-likeness (QED) is 0.706. The Hall–Kier alpha value is -1.62. The predicted molar refractivity (Wildman–Crippen MR) is 76.7 cm³/mol. The number of pyridine rings is 1. The van der Waals surface area contributed by atoms with Crippen LogP contribution in [0.15, 0.2) is 18.3 Å². The summed E-state index contributed by atoms with van der Waals surface area (Å²) in [5.41, 5.74) is 0.675. The third kappa shape index (κ3) is 5.26. The van der Waals surface area contributed by atoms with Crippen LogP contribution in [0.4, 0.5) is 5.69 Å². The van der Waals surface area contributed by atoms with E-state index in [4.69, 9.17) is 5.11 Å². The van der Waals surface area contributed by atoms with E-state index in [9.17, 15) is 4.79 Å². The van der Waals surface area contributed by atoms with Crippen molar-refractivity contribution in [2.75, 3.05) is 25.5 Å². The summed E-state index contributed by atoms with van der Waals surface area (Å²) in [6.07, 6.45) is 3.58. The summed E-state index contributed by atoms with van der Waals surface area (Å²) in [7, 11) is 2.11. The standard InChI is InChI=1S/C14H23N3O2/c1-11(2)17(3)10-5-4-8-15-12-7-6-9-16-13(12)14(18)19/h6-7,9,11,15H,4-5,8,10H2,1-3H3,(H,18,19). The lowest BCUT2D eigenvalue weighted by Crippen LogP contribution is -2.27. The van der Waals surface area contributed by atoms with Crippen molar-refractivity contribution in [3.05, 3.63) is 24.0 Å². The van der Waals surface area contributed by atoms with Gasteiger partial charge in [0.15, 0.2) is 5.69 Å². The fourth-order valence-corrected chi connectivity index (χ4v) is 1.69. The highest BCUT2D eigenvalue weighted by Crippen LogP contribution is 2.12. The smallest absolute Gasteiger partial charge is 0.356 e. The number of nitrogens with one attached hydrogen (secondary N) is 1. The van der Waals surface area contributed by atoms with Crippen LogP contribution in [0.5, 0.6) is 0 Å². The Morgan fingerprint density at radius 3 is 2.84 bits per heavy atom. The minimum absolute atomic E-state index is 0.0850. The number of aromatic carboxylic acids is 1. The van der Waals surface area contributed by atoms with E-state index < -0.39 is 5.97 Å². The molecule has 19 heavy (non-hydrogen) atoms. The molecule has 5 nitrogen and oxygen atoms in total. The van der Waals surface area contributed by atoms with Crippen LogP contribution in [0.2, 0.25) is 0 Å².